The SMILES string of the molecule is CC(OC(=O)Cn1c(=O)oc2ccccc21)c1ccccc1Cl. The molecule has 3 rings (SSSR count). The number of nitrogens with zero attached hydrogens (tertiary/aromatic N) is 1. The van der Waals surface area contributed by atoms with Crippen LogP contribution in [0.1, 0.15) is 18.6 Å². The topological polar surface area (TPSA) is 61.4 Å². The van der Waals surface area contributed by atoms with E-state index in [-0.39, 0.29) is 6.54 Å². The Hall–Kier alpha value is -2.53. The van der Waals surface area contributed by atoms with Gasteiger partial charge in [-0.1, -0.05) is 41.9 Å². The fourth-order valence-corrected chi connectivity index (χ4v) is 2.68. The lowest BCUT2D eigenvalue weighted by Crippen LogP contribution is -2.22. The summed E-state index contributed by atoms with van der Waals surface area (Å²) in [6.07, 6.45) is -0.509. The Bertz CT molecular complexity index is 912. The average molecular weight is 332 g/mol. The van der Waals surface area contributed by atoms with Crippen LogP contribution >= 0.6 is 11.6 Å². The molecule has 0 radical (unpaired) electrons. The summed E-state index contributed by atoms with van der Waals surface area (Å²) in [7, 11) is 0. The van der Waals surface area contributed by atoms with Gasteiger partial charge in [-0.3, -0.25) is 9.36 Å². The highest BCUT2D eigenvalue weighted by molar-refractivity contribution is 6.31. The molecular weight excluding hydrogens is 318 g/mol. The molecule has 0 amide bonds. The van der Waals surface area contributed by atoms with Crippen LogP contribution in [-0.2, 0) is 16.1 Å². The average Bonchev–Trinajstić information content (AvgIpc) is 2.83. The van der Waals surface area contributed by atoms with Crippen LogP contribution in [0.4, 0.5) is 0 Å². The Labute approximate surface area is 137 Å². The van der Waals surface area contributed by atoms with Gasteiger partial charge in [0, 0.05) is 10.6 Å². The quantitative estimate of drug-likeness (QED) is 0.686. The van der Waals surface area contributed by atoms with Crippen LogP contribution < -0.4 is 5.76 Å². The number of carbonyl (C=O) groups excluding carboxylic acids is 1. The summed E-state index contributed by atoms with van der Waals surface area (Å²) in [5, 5.41) is 0.527. The molecule has 1 aromatic heterocycles. The number of para-hydroxylation sites is 2. The molecule has 3 aromatic rings. The van der Waals surface area contributed by atoms with Gasteiger partial charge in [0.1, 0.15) is 12.6 Å². The molecule has 0 aliphatic carbocycles. The van der Waals surface area contributed by atoms with Crippen molar-refractivity contribution in [2.75, 3.05) is 0 Å². The molecule has 1 atom stereocenters. The highest BCUT2D eigenvalue weighted by Crippen LogP contribution is 2.25. The van der Waals surface area contributed by atoms with Crippen molar-refractivity contribution in [1.82, 2.24) is 4.57 Å². The van der Waals surface area contributed by atoms with E-state index in [4.69, 9.17) is 20.8 Å². The summed E-state index contributed by atoms with van der Waals surface area (Å²) in [4.78, 5) is 24.0. The number of benzene rings is 2. The first-order valence-corrected chi connectivity index (χ1v) is 7.46. The second kappa shape index (κ2) is 6.30. The maximum atomic E-state index is 12.1. The van der Waals surface area contributed by atoms with Crippen molar-refractivity contribution < 1.29 is 13.9 Å². The number of halogens is 1. The number of esters is 1. The van der Waals surface area contributed by atoms with Gasteiger partial charge < -0.3 is 9.15 Å². The minimum atomic E-state index is -0.589. The summed E-state index contributed by atoms with van der Waals surface area (Å²) in [6, 6.07) is 14.1. The number of fused-ring (bicyclic) bond motifs is 1. The minimum Gasteiger partial charge on any atom is -0.456 e. The monoisotopic (exact) mass is 331 g/mol. The molecule has 6 heteroatoms. The van der Waals surface area contributed by atoms with Crippen molar-refractivity contribution in [2.24, 2.45) is 0 Å². The van der Waals surface area contributed by atoms with Gasteiger partial charge in [0.05, 0.1) is 5.52 Å². The van der Waals surface area contributed by atoms with Crippen LogP contribution in [0.25, 0.3) is 11.1 Å². The van der Waals surface area contributed by atoms with E-state index in [2.05, 4.69) is 0 Å². The molecule has 0 saturated heterocycles. The molecule has 1 heterocycles. The van der Waals surface area contributed by atoms with Crippen molar-refractivity contribution in [1.29, 1.82) is 0 Å². The van der Waals surface area contributed by atoms with Gasteiger partial charge in [0.15, 0.2) is 5.58 Å². The molecule has 0 aliphatic heterocycles. The Morgan fingerprint density at radius 2 is 1.91 bits per heavy atom. The Balaban J connectivity index is 1.78. The lowest BCUT2D eigenvalue weighted by atomic mass is 10.1. The molecule has 0 fully saturated rings. The van der Waals surface area contributed by atoms with Crippen molar-refractivity contribution in [2.45, 2.75) is 19.6 Å². The lowest BCUT2D eigenvalue weighted by molar-refractivity contribution is -0.149. The zero-order chi connectivity index (χ0) is 16.4. The number of oxazole rings is 1. The van der Waals surface area contributed by atoms with Gasteiger partial charge in [-0.2, -0.15) is 0 Å². The van der Waals surface area contributed by atoms with Crippen LogP contribution in [0.2, 0.25) is 5.02 Å². The molecule has 0 saturated carbocycles. The Morgan fingerprint density at radius 1 is 1.22 bits per heavy atom. The molecule has 0 aliphatic rings. The van der Waals surface area contributed by atoms with Crippen LogP contribution in [-0.4, -0.2) is 10.5 Å². The van der Waals surface area contributed by atoms with E-state index in [9.17, 15) is 9.59 Å². The standard InChI is InChI=1S/C17H14ClNO4/c1-11(12-6-2-3-7-13(12)18)22-16(20)10-19-14-8-4-5-9-15(14)23-17(19)21/h2-9,11H,10H2,1H3. The number of rotatable bonds is 4. The Morgan fingerprint density at radius 3 is 2.70 bits per heavy atom. The van der Waals surface area contributed by atoms with E-state index in [1.165, 1.54) is 4.57 Å². The predicted molar refractivity (Wildman–Crippen MR) is 86.4 cm³/mol. The van der Waals surface area contributed by atoms with Gasteiger partial charge in [-0.25, -0.2) is 4.79 Å². The smallest absolute Gasteiger partial charge is 0.420 e. The summed E-state index contributed by atoms with van der Waals surface area (Å²) in [5.41, 5.74) is 1.70. The molecule has 118 valence electrons. The number of aromatic nitrogens is 1. The number of carbonyl (C=O) groups is 1. The summed E-state index contributed by atoms with van der Waals surface area (Å²) in [6.45, 7) is 1.51. The number of hydrogen-bond donors (Lipinski definition) is 0. The lowest BCUT2D eigenvalue weighted by Gasteiger charge is -2.15. The largest absolute Gasteiger partial charge is 0.456 e. The van der Waals surface area contributed by atoms with Crippen molar-refractivity contribution >= 4 is 28.7 Å². The third-order valence-electron chi connectivity index (χ3n) is 3.51. The normalized spacial score (nSPS) is 12.3. The van der Waals surface area contributed by atoms with Crippen LogP contribution in [0.3, 0.4) is 0 Å². The van der Waals surface area contributed by atoms with Gasteiger partial charge in [-0.05, 0) is 25.1 Å². The van der Waals surface area contributed by atoms with E-state index in [1.807, 2.05) is 6.07 Å². The third kappa shape index (κ3) is 3.14. The fraction of sp³-hybridized carbons (Fsp3) is 0.176. The molecule has 0 bridgehead atoms. The van der Waals surface area contributed by atoms with Crippen molar-refractivity contribution in [3.05, 3.63) is 69.7 Å². The fourth-order valence-electron chi connectivity index (χ4n) is 2.40. The first-order chi connectivity index (χ1) is 11.1. The summed E-state index contributed by atoms with van der Waals surface area (Å²) < 4.78 is 11.7. The van der Waals surface area contributed by atoms with Crippen LogP contribution in [0.15, 0.2) is 57.7 Å². The molecule has 5 nitrogen and oxygen atoms in total. The summed E-state index contributed by atoms with van der Waals surface area (Å²) in [5.74, 6) is -1.13. The van der Waals surface area contributed by atoms with E-state index >= 15 is 0 Å². The van der Waals surface area contributed by atoms with E-state index in [0.717, 1.165) is 0 Å². The van der Waals surface area contributed by atoms with Gasteiger partial charge in [0.25, 0.3) is 0 Å². The third-order valence-corrected chi connectivity index (χ3v) is 3.86. The molecule has 0 spiro atoms. The first kappa shape index (κ1) is 15.4. The second-order valence-electron chi connectivity index (χ2n) is 5.08. The van der Waals surface area contributed by atoms with E-state index in [0.29, 0.717) is 21.7 Å². The van der Waals surface area contributed by atoms with Gasteiger partial charge in [-0.15, -0.1) is 0 Å². The molecule has 1 unspecified atom stereocenters. The van der Waals surface area contributed by atoms with Crippen molar-refractivity contribution in [3.63, 3.8) is 0 Å². The summed E-state index contributed by atoms with van der Waals surface area (Å²) >= 11 is 6.09. The zero-order valence-corrected chi connectivity index (χ0v) is 13.1. The maximum Gasteiger partial charge on any atom is 0.420 e. The maximum absolute atomic E-state index is 12.1. The highest BCUT2D eigenvalue weighted by atomic mass is 35.5. The Kier molecular flexibility index (Phi) is 4.21. The molecular formula is C17H14ClNO4. The van der Waals surface area contributed by atoms with Crippen molar-refractivity contribution in [3.8, 4) is 0 Å². The zero-order valence-electron chi connectivity index (χ0n) is 12.4. The second-order valence-corrected chi connectivity index (χ2v) is 5.48. The number of ether oxygens (including phenoxy) is 1. The van der Waals surface area contributed by atoms with E-state index < -0.39 is 17.8 Å². The minimum absolute atomic E-state index is 0.218. The highest BCUT2D eigenvalue weighted by Gasteiger charge is 2.17. The predicted octanol–water partition coefficient (Wildman–Crippen LogP) is 3.55. The first-order valence-electron chi connectivity index (χ1n) is 7.08. The van der Waals surface area contributed by atoms with E-state index in [1.54, 1.807) is 49.4 Å². The molecule has 0 N–H and O–H groups in total. The molecule has 2 aromatic carbocycles. The van der Waals surface area contributed by atoms with Gasteiger partial charge >= 0.3 is 11.7 Å². The van der Waals surface area contributed by atoms with Gasteiger partial charge in [0.2, 0.25) is 0 Å². The van der Waals surface area contributed by atoms with Crippen LogP contribution in [0, 0.1) is 0 Å². The molecule has 23 heavy (non-hydrogen) atoms. The van der Waals surface area contributed by atoms with Crippen LogP contribution in [0.5, 0.6) is 0 Å². The number of hydrogen-bond acceptors (Lipinski definition) is 4.